The highest BCUT2D eigenvalue weighted by atomic mass is 32.1. The SMILES string of the molecule is CC(C)Cc1nnc(NC(=O)C2CC(=O)N(c3ccc4c(c3)OCCO4)C2)s1. The molecule has 1 aromatic carbocycles. The Morgan fingerprint density at radius 2 is 2.07 bits per heavy atom. The Morgan fingerprint density at radius 1 is 1.29 bits per heavy atom. The number of carbonyl (C=O) groups excluding carboxylic acids is 2. The molecule has 1 fully saturated rings. The fraction of sp³-hybridized carbons (Fsp3) is 0.474. The first-order valence-electron chi connectivity index (χ1n) is 9.33. The smallest absolute Gasteiger partial charge is 0.231 e. The molecule has 2 aromatic rings. The zero-order valence-electron chi connectivity index (χ0n) is 15.8. The number of nitrogens with one attached hydrogen (secondary N) is 1. The zero-order valence-corrected chi connectivity index (χ0v) is 16.6. The largest absolute Gasteiger partial charge is 0.486 e. The number of hydrogen-bond acceptors (Lipinski definition) is 7. The van der Waals surface area contributed by atoms with Crippen LogP contribution in [0.3, 0.4) is 0 Å². The number of hydrogen-bond donors (Lipinski definition) is 1. The highest BCUT2D eigenvalue weighted by Gasteiger charge is 2.36. The van der Waals surface area contributed by atoms with E-state index in [2.05, 4.69) is 29.4 Å². The number of benzene rings is 1. The number of ether oxygens (including phenoxy) is 2. The first-order chi connectivity index (χ1) is 13.5. The van der Waals surface area contributed by atoms with Crippen LogP contribution in [0, 0.1) is 11.8 Å². The molecule has 0 aliphatic carbocycles. The average Bonchev–Trinajstić information content (AvgIpc) is 3.27. The quantitative estimate of drug-likeness (QED) is 0.826. The summed E-state index contributed by atoms with van der Waals surface area (Å²) in [7, 11) is 0. The highest BCUT2D eigenvalue weighted by Crippen LogP contribution is 2.36. The molecule has 1 saturated heterocycles. The standard InChI is InChI=1S/C19H22N4O4S/c1-11(2)7-16-21-22-19(28-16)20-18(25)12-8-17(24)23(10-12)13-3-4-14-15(9-13)27-6-5-26-14/h3-4,9,11-12H,5-8,10H2,1-2H3,(H,20,22,25). The molecule has 0 saturated carbocycles. The van der Waals surface area contributed by atoms with Crippen LogP contribution < -0.4 is 19.7 Å². The van der Waals surface area contributed by atoms with Crippen LogP contribution in [0.15, 0.2) is 18.2 Å². The maximum absolute atomic E-state index is 12.6. The second kappa shape index (κ2) is 7.75. The van der Waals surface area contributed by atoms with Crippen LogP contribution in [0.25, 0.3) is 0 Å². The number of anilines is 2. The van der Waals surface area contributed by atoms with Crippen LogP contribution in [-0.4, -0.2) is 41.8 Å². The normalized spacial score (nSPS) is 18.6. The molecule has 2 amide bonds. The number of nitrogens with zero attached hydrogens (tertiary/aromatic N) is 3. The fourth-order valence-corrected chi connectivity index (χ4v) is 4.23. The fourth-order valence-electron chi connectivity index (χ4n) is 3.28. The van der Waals surface area contributed by atoms with Gasteiger partial charge in [-0.1, -0.05) is 25.2 Å². The van der Waals surface area contributed by atoms with E-state index in [4.69, 9.17) is 9.47 Å². The van der Waals surface area contributed by atoms with E-state index in [1.807, 2.05) is 6.07 Å². The molecule has 1 aromatic heterocycles. The van der Waals surface area contributed by atoms with Gasteiger partial charge in [-0.2, -0.15) is 0 Å². The second-order valence-electron chi connectivity index (χ2n) is 7.32. The van der Waals surface area contributed by atoms with Gasteiger partial charge < -0.3 is 19.7 Å². The predicted molar refractivity (Wildman–Crippen MR) is 105 cm³/mol. The first kappa shape index (κ1) is 18.7. The molecule has 8 nitrogen and oxygen atoms in total. The van der Waals surface area contributed by atoms with Gasteiger partial charge in [0.2, 0.25) is 16.9 Å². The lowest BCUT2D eigenvalue weighted by atomic mass is 10.1. The molecule has 1 atom stereocenters. The van der Waals surface area contributed by atoms with Crippen molar-refractivity contribution in [3.8, 4) is 11.5 Å². The molecule has 4 rings (SSSR count). The van der Waals surface area contributed by atoms with Gasteiger partial charge in [0.05, 0.1) is 5.92 Å². The topological polar surface area (TPSA) is 93.7 Å². The number of aromatic nitrogens is 2. The van der Waals surface area contributed by atoms with Crippen molar-refractivity contribution in [2.24, 2.45) is 11.8 Å². The summed E-state index contributed by atoms with van der Waals surface area (Å²) in [6, 6.07) is 5.40. The van der Waals surface area contributed by atoms with E-state index >= 15 is 0 Å². The minimum Gasteiger partial charge on any atom is -0.486 e. The Labute approximate surface area is 166 Å². The van der Waals surface area contributed by atoms with Gasteiger partial charge in [0.25, 0.3) is 0 Å². The Bertz CT molecular complexity index is 898. The summed E-state index contributed by atoms with van der Waals surface area (Å²) >= 11 is 1.38. The molecule has 2 aliphatic rings. The van der Waals surface area contributed by atoms with Crippen molar-refractivity contribution in [3.63, 3.8) is 0 Å². The Hall–Kier alpha value is -2.68. The van der Waals surface area contributed by atoms with Crippen molar-refractivity contribution in [1.29, 1.82) is 0 Å². The maximum atomic E-state index is 12.6. The van der Waals surface area contributed by atoms with E-state index in [1.165, 1.54) is 11.3 Å². The van der Waals surface area contributed by atoms with Crippen LogP contribution in [0.4, 0.5) is 10.8 Å². The monoisotopic (exact) mass is 402 g/mol. The third-order valence-corrected chi connectivity index (χ3v) is 5.47. The van der Waals surface area contributed by atoms with Crippen molar-refractivity contribution in [3.05, 3.63) is 23.2 Å². The van der Waals surface area contributed by atoms with Gasteiger partial charge in [0.15, 0.2) is 11.5 Å². The molecule has 9 heteroatoms. The van der Waals surface area contributed by atoms with Crippen molar-refractivity contribution >= 4 is 34.0 Å². The van der Waals surface area contributed by atoms with Crippen molar-refractivity contribution < 1.29 is 19.1 Å². The van der Waals surface area contributed by atoms with Crippen LogP contribution in [0.5, 0.6) is 11.5 Å². The van der Waals surface area contributed by atoms with Gasteiger partial charge >= 0.3 is 0 Å². The lowest BCUT2D eigenvalue weighted by molar-refractivity contribution is -0.122. The minimum atomic E-state index is -0.432. The van der Waals surface area contributed by atoms with Crippen LogP contribution in [-0.2, 0) is 16.0 Å². The van der Waals surface area contributed by atoms with Gasteiger partial charge in [-0.15, -0.1) is 10.2 Å². The van der Waals surface area contributed by atoms with E-state index in [1.54, 1.807) is 17.0 Å². The predicted octanol–water partition coefficient (Wildman–Crippen LogP) is 2.50. The molecule has 0 bridgehead atoms. The minimum absolute atomic E-state index is 0.0883. The van der Waals surface area contributed by atoms with E-state index in [-0.39, 0.29) is 18.2 Å². The van der Waals surface area contributed by atoms with Gasteiger partial charge in [-0.3, -0.25) is 9.59 Å². The molecule has 0 radical (unpaired) electrons. The summed E-state index contributed by atoms with van der Waals surface area (Å²) in [5.41, 5.74) is 0.708. The Kier molecular flexibility index (Phi) is 5.17. The number of rotatable bonds is 5. The van der Waals surface area contributed by atoms with E-state index in [0.717, 1.165) is 11.4 Å². The highest BCUT2D eigenvalue weighted by molar-refractivity contribution is 7.15. The molecule has 148 valence electrons. The lowest BCUT2D eigenvalue weighted by Gasteiger charge is -2.22. The molecule has 0 spiro atoms. The van der Waals surface area contributed by atoms with E-state index in [9.17, 15) is 9.59 Å². The summed E-state index contributed by atoms with van der Waals surface area (Å²) in [4.78, 5) is 26.7. The third-order valence-electron chi connectivity index (χ3n) is 4.61. The molecule has 28 heavy (non-hydrogen) atoms. The summed E-state index contributed by atoms with van der Waals surface area (Å²) in [5.74, 6) is 1.04. The third kappa shape index (κ3) is 3.94. The van der Waals surface area contributed by atoms with Crippen LogP contribution in [0.1, 0.15) is 25.3 Å². The van der Waals surface area contributed by atoms with Crippen LogP contribution in [0.2, 0.25) is 0 Å². The maximum Gasteiger partial charge on any atom is 0.231 e. The van der Waals surface area contributed by atoms with E-state index < -0.39 is 5.92 Å². The summed E-state index contributed by atoms with van der Waals surface area (Å²) in [6.07, 6.45) is 0.991. The molecular weight excluding hydrogens is 380 g/mol. The van der Waals surface area contributed by atoms with Crippen molar-refractivity contribution in [1.82, 2.24) is 10.2 Å². The Morgan fingerprint density at radius 3 is 2.86 bits per heavy atom. The summed E-state index contributed by atoms with van der Waals surface area (Å²) in [5, 5.41) is 12.3. The average molecular weight is 402 g/mol. The zero-order chi connectivity index (χ0) is 19.7. The van der Waals surface area contributed by atoms with Gasteiger partial charge in [-0.25, -0.2) is 0 Å². The second-order valence-corrected chi connectivity index (χ2v) is 8.38. The molecule has 3 heterocycles. The van der Waals surface area contributed by atoms with Crippen molar-refractivity contribution in [2.75, 3.05) is 30.0 Å². The number of fused-ring (bicyclic) bond motifs is 1. The van der Waals surface area contributed by atoms with Crippen LogP contribution >= 0.6 is 11.3 Å². The molecule has 1 unspecified atom stereocenters. The van der Waals surface area contributed by atoms with E-state index in [0.29, 0.717) is 48.0 Å². The Balaban J connectivity index is 1.41. The number of carbonyl (C=O) groups is 2. The van der Waals surface area contributed by atoms with Gasteiger partial charge in [0.1, 0.15) is 18.2 Å². The lowest BCUT2D eigenvalue weighted by Crippen LogP contribution is -2.28. The molecular formula is C19H22N4O4S. The summed E-state index contributed by atoms with van der Waals surface area (Å²) < 4.78 is 11.1. The first-order valence-corrected chi connectivity index (χ1v) is 10.1. The van der Waals surface area contributed by atoms with Crippen molar-refractivity contribution in [2.45, 2.75) is 26.7 Å². The number of amides is 2. The molecule has 2 aliphatic heterocycles. The van der Waals surface area contributed by atoms with Gasteiger partial charge in [0, 0.05) is 31.1 Å². The van der Waals surface area contributed by atoms with Gasteiger partial charge in [-0.05, 0) is 18.1 Å². The molecule has 1 N–H and O–H groups in total. The summed E-state index contributed by atoms with van der Waals surface area (Å²) in [6.45, 7) is 5.53.